The molecule has 1 aromatic rings. The molecule has 3 N–H and O–H groups in total. The van der Waals surface area contributed by atoms with Gasteiger partial charge < -0.3 is 10.8 Å². The number of benzene rings is 1. The van der Waals surface area contributed by atoms with E-state index in [9.17, 15) is 9.18 Å². The molecule has 0 bridgehead atoms. The lowest BCUT2D eigenvalue weighted by Crippen LogP contribution is -2.10. The van der Waals surface area contributed by atoms with Crippen LogP contribution in [0, 0.1) is 5.82 Å². The van der Waals surface area contributed by atoms with Crippen molar-refractivity contribution in [2.75, 3.05) is 6.54 Å². The summed E-state index contributed by atoms with van der Waals surface area (Å²) in [7, 11) is 0. The van der Waals surface area contributed by atoms with E-state index >= 15 is 0 Å². The van der Waals surface area contributed by atoms with Crippen LogP contribution in [0.2, 0.25) is 0 Å². The van der Waals surface area contributed by atoms with E-state index in [0.29, 0.717) is 5.56 Å². The van der Waals surface area contributed by atoms with Gasteiger partial charge in [0.25, 0.3) is 0 Å². The minimum atomic E-state index is -0.569. The highest BCUT2D eigenvalue weighted by atomic mass is 19.1. The Balaban J connectivity index is 2.99. The minimum absolute atomic E-state index is 0.00185. The third-order valence-electron chi connectivity index (χ3n) is 1.89. The van der Waals surface area contributed by atoms with Crippen LogP contribution in [-0.2, 0) is 6.61 Å². The first kappa shape index (κ1) is 10.8. The summed E-state index contributed by atoms with van der Waals surface area (Å²) in [5.74, 6) is -0.902. The number of Topliss-reactive ketones (excluding diaryl/α,β-unsaturated/α-hetero) is 1. The number of hydrogen-bond acceptors (Lipinski definition) is 3. The Bertz CT molecular complexity index is 339. The standard InChI is InChI=1S/C10H12FNO2/c11-9-2-1-7(6-13)5-8(9)10(14)3-4-12/h1-2,5,13H,3-4,6,12H2. The van der Waals surface area contributed by atoms with Gasteiger partial charge in [-0.25, -0.2) is 4.39 Å². The molecular weight excluding hydrogens is 185 g/mol. The lowest BCUT2D eigenvalue weighted by molar-refractivity contribution is 0.0981. The van der Waals surface area contributed by atoms with Crippen molar-refractivity contribution in [1.82, 2.24) is 0 Å². The molecule has 76 valence electrons. The number of aliphatic hydroxyl groups is 1. The molecule has 1 rings (SSSR count). The van der Waals surface area contributed by atoms with Crippen LogP contribution < -0.4 is 5.73 Å². The Labute approximate surface area is 81.4 Å². The van der Waals surface area contributed by atoms with Crippen LogP contribution in [0.4, 0.5) is 4.39 Å². The molecule has 0 radical (unpaired) electrons. The summed E-state index contributed by atoms with van der Waals surface area (Å²) in [6.07, 6.45) is 0.117. The van der Waals surface area contributed by atoms with Crippen LogP contribution in [0.15, 0.2) is 18.2 Å². The Hall–Kier alpha value is -1.26. The van der Waals surface area contributed by atoms with Crippen molar-refractivity contribution in [1.29, 1.82) is 0 Å². The van der Waals surface area contributed by atoms with Crippen molar-refractivity contribution in [2.45, 2.75) is 13.0 Å². The molecule has 4 heteroatoms. The van der Waals surface area contributed by atoms with Crippen LogP contribution in [0.3, 0.4) is 0 Å². The number of carbonyl (C=O) groups excluding carboxylic acids is 1. The maximum atomic E-state index is 13.1. The van der Waals surface area contributed by atoms with Gasteiger partial charge in [-0.1, -0.05) is 6.07 Å². The first-order chi connectivity index (χ1) is 6.69. The molecule has 0 atom stereocenters. The fourth-order valence-corrected chi connectivity index (χ4v) is 1.15. The molecule has 1 aromatic carbocycles. The summed E-state index contributed by atoms with van der Waals surface area (Å²) in [6.45, 7) is -0.00912. The zero-order valence-electron chi connectivity index (χ0n) is 7.66. The second kappa shape index (κ2) is 4.83. The lowest BCUT2D eigenvalue weighted by Gasteiger charge is -2.03. The summed E-state index contributed by atoms with van der Waals surface area (Å²) in [6, 6.07) is 3.97. The summed E-state index contributed by atoms with van der Waals surface area (Å²) in [5, 5.41) is 8.81. The molecule has 0 aromatic heterocycles. The smallest absolute Gasteiger partial charge is 0.167 e. The van der Waals surface area contributed by atoms with Crippen molar-refractivity contribution in [3.05, 3.63) is 35.1 Å². The first-order valence-electron chi connectivity index (χ1n) is 4.31. The molecule has 0 amide bonds. The van der Waals surface area contributed by atoms with Gasteiger partial charge in [0.2, 0.25) is 0 Å². The van der Waals surface area contributed by atoms with E-state index in [2.05, 4.69) is 0 Å². The molecule has 3 nitrogen and oxygen atoms in total. The number of nitrogens with two attached hydrogens (primary N) is 1. The molecule has 0 saturated carbocycles. The van der Waals surface area contributed by atoms with Gasteiger partial charge in [0.15, 0.2) is 5.78 Å². The summed E-state index contributed by atoms with van der Waals surface area (Å²) >= 11 is 0. The Morgan fingerprint density at radius 1 is 1.50 bits per heavy atom. The third-order valence-corrected chi connectivity index (χ3v) is 1.89. The Morgan fingerprint density at radius 3 is 2.79 bits per heavy atom. The van der Waals surface area contributed by atoms with Gasteiger partial charge in [-0.05, 0) is 24.2 Å². The average Bonchev–Trinajstić information content (AvgIpc) is 2.19. The number of aliphatic hydroxyl groups excluding tert-OH is 1. The normalized spacial score (nSPS) is 10.2. The maximum Gasteiger partial charge on any atom is 0.167 e. The lowest BCUT2D eigenvalue weighted by atomic mass is 10.0. The quantitative estimate of drug-likeness (QED) is 0.703. The summed E-state index contributed by atoms with van der Waals surface area (Å²) in [5.41, 5.74) is 5.72. The van der Waals surface area contributed by atoms with E-state index in [1.165, 1.54) is 18.2 Å². The fourth-order valence-electron chi connectivity index (χ4n) is 1.15. The largest absolute Gasteiger partial charge is 0.392 e. The molecule has 0 aliphatic rings. The Kier molecular flexibility index (Phi) is 3.73. The molecule has 0 unspecified atom stereocenters. The van der Waals surface area contributed by atoms with Crippen molar-refractivity contribution in [2.24, 2.45) is 5.73 Å². The minimum Gasteiger partial charge on any atom is -0.392 e. The van der Waals surface area contributed by atoms with Crippen LogP contribution >= 0.6 is 0 Å². The predicted molar refractivity (Wildman–Crippen MR) is 50.3 cm³/mol. The maximum absolute atomic E-state index is 13.1. The highest BCUT2D eigenvalue weighted by Gasteiger charge is 2.11. The van der Waals surface area contributed by atoms with Crippen molar-refractivity contribution >= 4 is 5.78 Å². The zero-order valence-corrected chi connectivity index (χ0v) is 7.66. The average molecular weight is 197 g/mol. The second-order valence-corrected chi connectivity index (χ2v) is 2.93. The van der Waals surface area contributed by atoms with Crippen molar-refractivity contribution < 1.29 is 14.3 Å². The third kappa shape index (κ3) is 2.37. The predicted octanol–water partition coefficient (Wildman–Crippen LogP) is 0.850. The monoisotopic (exact) mass is 197 g/mol. The Morgan fingerprint density at radius 2 is 2.21 bits per heavy atom. The van der Waals surface area contributed by atoms with Gasteiger partial charge in [0.1, 0.15) is 5.82 Å². The van der Waals surface area contributed by atoms with Gasteiger partial charge in [0, 0.05) is 6.42 Å². The zero-order chi connectivity index (χ0) is 10.6. The van der Waals surface area contributed by atoms with E-state index in [4.69, 9.17) is 10.8 Å². The van der Waals surface area contributed by atoms with Gasteiger partial charge in [-0.15, -0.1) is 0 Å². The van der Waals surface area contributed by atoms with Crippen LogP contribution in [0.1, 0.15) is 22.3 Å². The SMILES string of the molecule is NCCC(=O)c1cc(CO)ccc1F. The topological polar surface area (TPSA) is 63.3 Å². The molecule has 0 aliphatic carbocycles. The van der Waals surface area contributed by atoms with E-state index in [1.54, 1.807) is 0 Å². The highest BCUT2D eigenvalue weighted by molar-refractivity contribution is 5.96. The fraction of sp³-hybridized carbons (Fsp3) is 0.300. The summed E-state index contributed by atoms with van der Waals surface area (Å²) in [4.78, 5) is 11.3. The van der Waals surface area contributed by atoms with E-state index in [0.717, 1.165) is 0 Å². The number of ketones is 1. The van der Waals surface area contributed by atoms with Gasteiger partial charge >= 0.3 is 0 Å². The van der Waals surface area contributed by atoms with E-state index in [1.807, 2.05) is 0 Å². The number of halogens is 1. The van der Waals surface area contributed by atoms with Crippen molar-refractivity contribution in [3.8, 4) is 0 Å². The van der Waals surface area contributed by atoms with Crippen molar-refractivity contribution in [3.63, 3.8) is 0 Å². The molecule has 0 heterocycles. The van der Waals surface area contributed by atoms with Gasteiger partial charge in [-0.3, -0.25) is 4.79 Å². The number of carbonyl (C=O) groups is 1. The van der Waals surface area contributed by atoms with E-state index in [-0.39, 0.29) is 30.9 Å². The first-order valence-corrected chi connectivity index (χ1v) is 4.31. The summed E-state index contributed by atoms with van der Waals surface area (Å²) < 4.78 is 13.1. The highest BCUT2D eigenvalue weighted by Crippen LogP contribution is 2.12. The van der Waals surface area contributed by atoms with Crippen LogP contribution in [0.5, 0.6) is 0 Å². The molecule has 0 fully saturated rings. The van der Waals surface area contributed by atoms with Gasteiger partial charge in [-0.2, -0.15) is 0 Å². The second-order valence-electron chi connectivity index (χ2n) is 2.93. The molecule has 0 spiro atoms. The molecular formula is C10H12FNO2. The molecule has 0 aliphatic heterocycles. The number of hydrogen-bond donors (Lipinski definition) is 2. The molecule has 14 heavy (non-hydrogen) atoms. The van der Waals surface area contributed by atoms with E-state index < -0.39 is 5.82 Å². The van der Waals surface area contributed by atoms with Crippen LogP contribution in [0.25, 0.3) is 0 Å². The van der Waals surface area contributed by atoms with Gasteiger partial charge in [0.05, 0.1) is 12.2 Å². The van der Waals surface area contributed by atoms with Crippen LogP contribution in [-0.4, -0.2) is 17.4 Å². The number of rotatable bonds is 4. The molecule has 0 saturated heterocycles.